The first-order valence-electron chi connectivity index (χ1n) is 3.96. The maximum atomic E-state index is 11.8. The molecule has 1 aliphatic rings. The van der Waals surface area contributed by atoms with Crippen LogP contribution in [0.3, 0.4) is 0 Å². The molecule has 1 rings (SSSR count). The summed E-state index contributed by atoms with van der Waals surface area (Å²) in [6.07, 6.45) is 5.13. The summed E-state index contributed by atoms with van der Waals surface area (Å²) in [7, 11) is 0. The van der Waals surface area contributed by atoms with Crippen LogP contribution in [0.2, 0.25) is 0 Å². The molecular weight excluding hydrogens is 220 g/mol. The Balaban J connectivity index is 2.92. The van der Waals surface area contributed by atoms with Crippen LogP contribution in [0.25, 0.3) is 0 Å². The van der Waals surface area contributed by atoms with Gasteiger partial charge < -0.3 is 5.32 Å². The maximum absolute atomic E-state index is 11.8. The molecule has 0 aliphatic carbocycles. The molecule has 3 amide bonds. The van der Waals surface area contributed by atoms with Gasteiger partial charge in [-0.1, -0.05) is 6.08 Å². The van der Waals surface area contributed by atoms with Gasteiger partial charge in [-0.05, 0) is 12.5 Å². The Morgan fingerprint density at radius 2 is 2.07 bits per heavy atom. The van der Waals surface area contributed by atoms with Gasteiger partial charge in [-0.25, -0.2) is 4.79 Å². The summed E-state index contributed by atoms with van der Waals surface area (Å²) >= 11 is 2.65. The van der Waals surface area contributed by atoms with E-state index in [1.807, 2.05) is 0 Å². The van der Waals surface area contributed by atoms with Crippen LogP contribution >= 0.6 is 23.5 Å². The Morgan fingerprint density at radius 1 is 1.50 bits per heavy atom. The number of hydrogen-bond donors (Lipinski definition) is 1. The molecule has 4 nitrogen and oxygen atoms in total. The van der Waals surface area contributed by atoms with Gasteiger partial charge in [0, 0.05) is 6.54 Å². The van der Waals surface area contributed by atoms with Crippen LogP contribution in [0.4, 0.5) is 4.79 Å². The fraction of sp³-hybridized carbons (Fsp3) is 0.500. The molecule has 1 saturated heterocycles. The number of thioether (sulfide) groups is 2. The maximum Gasteiger partial charge on any atom is 0.326 e. The van der Waals surface area contributed by atoms with Gasteiger partial charge in [-0.15, -0.1) is 30.1 Å². The molecule has 0 bridgehead atoms. The SMILES string of the molecule is C=CCN1C(=O)NC(SC)(SC)C1=O. The van der Waals surface area contributed by atoms with Crippen molar-refractivity contribution in [1.82, 2.24) is 10.2 Å². The number of hydrogen-bond acceptors (Lipinski definition) is 4. The normalized spacial score (nSPS) is 19.7. The van der Waals surface area contributed by atoms with Gasteiger partial charge in [0.2, 0.25) is 4.20 Å². The highest BCUT2D eigenvalue weighted by molar-refractivity contribution is 8.18. The Hall–Kier alpha value is -0.620. The van der Waals surface area contributed by atoms with Crippen molar-refractivity contribution in [2.75, 3.05) is 19.1 Å². The Morgan fingerprint density at radius 3 is 2.43 bits per heavy atom. The number of rotatable bonds is 4. The lowest BCUT2D eigenvalue weighted by molar-refractivity contribution is -0.126. The first-order chi connectivity index (χ1) is 6.61. The zero-order valence-corrected chi connectivity index (χ0v) is 9.70. The number of nitrogens with zero attached hydrogens (tertiary/aromatic N) is 1. The smallest absolute Gasteiger partial charge is 0.306 e. The van der Waals surface area contributed by atoms with Crippen molar-refractivity contribution in [3.05, 3.63) is 12.7 Å². The van der Waals surface area contributed by atoms with E-state index in [4.69, 9.17) is 0 Å². The standard InChI is InChI=1S/C8H12N2O2S2/c1-4-5-10-6(11)8(13-2,14-3)9-7(10)12/h4H,1,5H2,2-3H3,(H,9,12). The monoisotopic (exact) mass is 232 g/mol. The van der Waals surface area contributed by atoms with E-state index in [1.165, 1.54) is 34.5 Å². The average molecular weight is 232 g/mol. The summed E-state index contributed by atoms with van der Waals surface area (Å²) < 4.78 is -0.847. The molecule has 0 atom stereocenters. The van der Waals surface area contributed by atoms with Crippen LogP contribution in [-0.4, -0.2) is 40.1 Å². The first-order valence-corrected chi connectivity index (χ1v) is 6.41. The quantitative estimate of drug-likeness (QED) is 0.448. The zero-order chi connectivity index (χ0) is 10.8. The van der Waals surface area contributed by atoms with E-state index >= 15 is 0 Å². The molecule has 0 spiro atoms. The second-order valence-corrected chi connectivity index (χ2v) is 4.96. The van der Waals surface area contributed by atoms with Crippen molar-refractivity contribution in [1.29, 1.82) is 0 Å². The van der Waals surface area contributed by atoms with Gasteiger partial charge in [0.05, 0.1) is 0 Å². The molecule has 0 radical (unpaired) electrons. The number of carbonyl (C=O) groups is 2. The summed E-state index contributed by atoms with van der Waals surface area (Å²) in [6, 6.07) is -0.349. The van der Waals surface area contributed by atoms with Crippen LogP contribution in [0.5, 0.6) is 0 Å². The molecule has 6 heteroatoms. The third-order valence-electron chi connectivity index (χ3n) is 1.93. The third kappa shape index (κ3) is 1.64. The highest BCUT2D eigenvalue weighted by atomic mass is 32.2. The van der Waals surface area contributed by atoms with Crippen LogP contribution in [0.15, 0.2) is 12.7 Å². The van der Waals surface area contributed by atoms with Gasteiger partial charge in [0.15, 0.2) is 0 Å². The lowest BCUT2D eigenvalue weighted by Gasteiger charge is -2.21. The van der Waals surface area contributed by atoms with Crippen LogP contribution in [0, 0.1) is 0 Å². The third-order valence-corrected chi connectivity index (χ3v) is 4.63. The minimum absolute atomic E-state index is 0.206. The Labute approximate surface area is 91.5 Å². The summed E-state index contributed by atoms with van der Waals surface area (Å²) in [5.41, 5.74) is 0. The Kier molecular flexibility index (Phi) is 3.49. The predicted molar refractivity (Wildman–Crippen MR) is 60.2 cm³/mol. The summed E-state index contributed by atoms with van der Waals surface area (Å²) in [5.74, 6) is -0.206. The Bertz CT molecular complexity index is 277. The van der Waals surface area contributed by atoms with E-state index in [9.17, 15) is 9.59 Å². The number of carbonyl (C=O) groups excluding carboxylic acids is 2. The average Bonchev–Trinajstić information content (AvgIpc) is 2.43. The van der Waals surface area contributed by atoms with E-state index in [-0.39, 0.29) is 18.5 Å². The van der Waals surface area contributed by atoms with E-state index in [1.54, 1.807) is 12.5 Å². The van der Waals surface area contributed by atoms with E-state index in [0.717, 1.165) is 0 Å². The van der Waals surface area contributed by atoms with Gasteiger partial charge in [0.1, 0.15) is 0 Å². The second-order valence-electron chi connectivity index (χ2n) is 2.66. The van der Waals surface area contributed by atoms with Crippen LogP contribution in [-0.2, 0) is 4.79 Å². The molecule has 78 valence electrons. The van der Waals surface area contributed by atoms with Crippen molar-refractivity contribution in [2.45, 2.75) is 4.20 Å². The molecule has 0 aromatic carbocycles. The highest BCUT2D eigenvalue weighted by Gasteiger charge is 2.50. The number of imide groups is 1. The predicted octanol–water partition coefficient (Wildman–Crippen LogP) is 1.10. The summed E-state index contributed by atoms with van der Waals surface area (Å²) in [6.45, 7) is 3.76. The lowest BCUT2D eigenvalue weighted by atomic mass is 10.5. The molecule has 1 aliphatic heterocycles. The number of amides is 3. The van der Waals surface area contributed by atoms with Crippen molar-refractivity contribution in [3.8, 4) is 0 Å². The van der Waals surface area contributed by atoms with Crippen molar-refractivity contribution in [2.24, 2.45) is 0 Å². The van der Waals surface area contributed by atoms with Crippen molar-refractivity contribution >= 4 is 35.5 Å². The molecule has 1 N–H and O–H groups in total. The topological polar surface area (TPSA) is 49.4 Å². The molecule has 0 unspecified atom stereocenters. The molecule has 0 aromatic heterocycles. The lowest BCUT2D eigenvalue weighted by Crippen LogP contribution is -2.39. The number of nitrogens with one attached hydrogen (secondary N) is 1. The molecule has 14 heavy (non-hydrogen) atoms. The minimum atomic E-state index is -0.847. The van der Waals surface area contributed by atoms with Gasteiger partial charge in [0.25, 0.3) is 5.91 Å². The van der Waals surface area contributed by atoms with Gasteiger partial charge in [-0.3, -0.25) is 9.69 Å². The zero-order valence-electron chi connectivity index (χ0n) is 8.07. The van der Waals surface area contributed by atoms with Crippen LogP contribution < -0.4 is 5.32 Å². The minimum Gasteiger partial charge on any atom is -0.306 e. The molecule has 0 saturated carbocycles. The molecule has 1 heterocycles. The second kappa shape index (κ2) is 4.27. The van der Waals surface area contributed by atoms with E-state index in [0.29, 0.717) is 0 Å². The van der Waals surface area contributed by atoms with Crippen molar-refractivity contribution in [3.63, 3.8) is 0 Å². The molecular formula is C8H12N2O2S2. The first kappa shape index (κ1) is 11.5. The van der Waals surface area contributed by atoms with Crippen molar-refractivity contribution < 1.29 is 9.59 Å². The fourth-order valence-electron chi connectivity index (χ4n) is 1.19. The van der Waals surface area contributed by atoms with Gasteiger partial charge >= 0.3 is 6.03 Å². The number of urea groups is 1. The molecule has 1 fully saturated rings. The highest BCUT2D eigenvalue weighted by Crippen LogP contribution is 2.36. The van der Waals surface area contributed by atoms with Crippen LogP contribution in [0.1, 0.15) is 0 Å². The molecule has 0 aromatic rings. The van der Waals surface area contributed by atoms with E-state index < -0.39 is 4.20 Å². The fourth-order valence-corrected chi connectivity index (χ4v) is 2.80. The summed E-state index contributed by atoms with van der Waals surface area (Å²) in [4.78, 5) is 24.4. The summed E-state index contributed by atoms with van der Waals surface area (Å²) in [5, 5.41) is 2.67. The van der Waals surface area contributed by atoms with Gasteiger partial charge in [-0.2, -0.15) is 0 Å². The van der Waals surface area contributed by atoms with E-state index in [2.05, 4.69) is 11.9 Å². The largest absolute Gasteiger partial charge is 0.326 e.